The fourth-order valence-electron chi connectivity index (χ4n) is 3.12. The first-order valence-electron chi connectivity index (χ1n) is 8.75. The number of carbonyl (C=O) groups excluding carboxylic acids is 1. The van der Waals surface area contributed by atoms with Crippen LogP contribution in [0.4, 0.5) is 11.6 Å². The summed E-state index contributed by atoms with van der Waals surface area (Å²) in [6, 6.07) is 9.99. The molecule has 0 spiro atoms. The predicted octanol–water partition coefficient (Wildman–Crippen LogP) is 3.85. The van der Waals surface area contributed by atoms with Crippen LogP contribution in [0.5, 0.6) is 0 Å². The summed E-state index contributed by atoms with van der Waals surface area (Å²) in [4.78, 5) is 21.0. The lowest BCUT2D eigenvalue weighted by Crippen LogP contribution is -2.36. The number of rotatable bonds is 5. The first kappa shape index (κ1) is 16.4. The highest BCUT2D eigenvalue weighted by Crippen LogP contribution is 2.20. The van der Waals surface area contributed by atoms with Crippen molar-refractivity contribution in [3.05, 3.63) is 47.8 Å². The molecule has 1 aromatic carbocycles. The lowest BCUT2D eigenvalue weighted by atomic mass is 9.95. The molecule has 1 heterocycles. The number of benzene rings is 1. The minimum Gasteiger partial charge on any atom is -0.348 e. The van der Waals surface area contributed by atoms with E-state index in [0.29, 0.717) is 11.6 Å². The van der Waals surface area contributed by atoms with E-state index in [0.717, 1.165) is 24.9 Å². The van der Waals surface area contributed by atoms with Gasteiger partial charge in [0.1, 0.15) is 5.69 Å². The average Bonchev–Trinajstić information content (AvgIpc) is 2.63. The van der Waals surface area contributed by atoms with Crippen LogP contribution < -0.4 is 10.6 Å². The van der Waals surface area contributed by atoms with E-state index in [4.69, 9.17) is 0 Å². The van der Waals surface area contributed by atoms with Gasteiger partial charge >= 0.3 is 0 Å². The number of aryl methyl sites for hydroxylation is 1. The van der Waals surface area contributed by atoms with Crippen LogP contribution in [0.2, 0.25) is 0 Å². The smallest absolute Gasteiger partial charge is 0.270 e. The van der Waals surface area contributed by atoms with Gasteiger partial charge in [-0.2, -0.15) is 0 Å². The molecule has 0 unspecified atom stereocenters. The van der Waals surface area contributed by atoms with Gasteiger partial charge in [0.2, 0.25) is 5.95 Å². The molecule has 2 N–H and O–H groups in total. The zero-order valence-electron chi connectivity index (χ0n) is 14.1. The Hall–Kier alpha value is -2.43. The predicted molar refractivity (Wildman–Crippen MR) is 95.5 cm³/mol. The van der Waals surface area contributed by atoms with E-state index in [2.05, 4.69) is 33.6 Å². The summed E-state index contributed by atoms with van der Waals surface area (Å²) >= 11 is 0. The third-order valence-corrected chi connectivity index (χ3v) is 4.47. The number of anilines is 2. The molecule has 5 nitrogen and oxygen atoms in total. The molecular formula is C19H24N4O. The van der Waals surface area contributed by atoms with Gasteiger partial charge in [-0.25, -0.2) is 9.97 Å². The third-order valence-electron chi connectivity index (χ3n) is 4.47. The molecule has 0 saturated heterocycles. The molecule has 1 fully saturated rings. The van der Waals surface area contributed by atoms with Crippen molar-refractivity contribution in [1.82, 2.24) is 15.3 Å². The second-order valence-electron chi connectivity index (χ2n) is 6.21. The molecule has 0 radical (unpaired) electrons. The SMILES string of the molecule is CCc1ccccc1Nc1nccc(C(=O)NC2CCCCC2)n1. The van der Waals surface area contributed by atoms with Crippen LogP contribution in [0.3, 0.4) is 0 Å². The van der Waals surface area contributed by atoms with E-state index in [1.807, 2.05) is 18.2 Å². The minimum absolute atomic E-state index is 0.115. The molecule has 24 heavy (non-hydrogen) atoms. The Labute approximate surface area is 142 Å². The van der Waals surface area contributed by atoms with Crippen molar-refractivity contribution in [3.8, 4) is 0 Å². The van der Waals surface area contributed by atoms with E-state index >= 15 is 0 Å². The van der Waals surface area contributed by atoms with Gasteiger partial charge in [0.05, 0.1) is 0 Å². The summed E-state index contributed by atoms with van der Waals surface area (Å²) in [6.07, 6.45) is 8.32. The van der Waals surface area contributed by atoms with E-state index in [9.17, 15) is 4.79 Å². The van der Waals surface area contributed by atoms with Crippen molar-refractivity contribution in [3.63, 3.8) is 0 Å². The number of aromatic nitrogens is 2. The highest BCUT2D eigenvalue weighted by Gasteiger charge is 2.17. The Balaban J connectivity index is 1.70. The summed E-state index contributed by atoms with van der Waals surface area (Å²) in [7, 11) is 0. The fraction of sp³-hybridized carbons (Fsp3) is 0.421. The van der Waals surface area contributed by atoms with Crippen LogP contribution in [0.15, 0.2) is 36.5 Å². The van der Waals surface area contributed by atoms with Crippen LogP contribution in [-0.2, 0) is 6.42 Å². The standard InChI is InChI=1S/C19H24N4O/c1-2-14-8-6-7-11-16(14)22-19-20-13-12-17(23-19)18(24)21-15-9-4-3-5-10-15/h6-8,11-13,15H,2-5,9-10H2,1H3,(H,21,24)(H,20,22,23). The Bertz CT molecular complexity index is 695. The summed E-state index contributed by atoms with van der Waals surface area (Å²) in [5, 5.41) is 6.31. The van der Waals surface area contributed by atoms with Gasteiger partial charge < -0.3 is 10.6 Å². The summed E-state index contributed by atoms with van der Waals surface area (Å²) in [5.41, 5.74) is 2.58. The van der Waals surface area contributed by atoms with E-state index in [-0.39, 0.29) is 11.9 Å². The Morgan fingerprint density at radius 1 is 1.17 bits per heavy atom. The Kier molecular flexibility index (Phi) is 5.41. The normalized spacial score (nSPS) is 15.0. The van der Waals surface area contributed by atoms with E-state index in [1.54, 1.807) is 12.3 Å². The number of hydrogen-bond donors (Lipinski definition) is 2. The maximum atomic E-state index is 12.4. The van der Waals surface area contributed by atoms with Gasteiger partial charge in [-0.1, -0.05) is 44.4 Å². The van der Waals surface area contributed by atoms with Crippen LogP contribution in [-0.4, -0.2) is 21.9 Å². The topological polar surface area (TPSA) is 66.9 Å². The number of nitrogens with zero attached hydrogens (tertiary/aromatic N) is 2. The monoisotopic (exact) mass is 324 g/mol. The second kappa shape index (κ2) is 7.90. The number of nitrogens with one attached hydrogen (secondary N) is 2. The first-order valence-corrected chi connectivity index (χ1v) is 8.75. The van der Waals surface area contributed by atoms with Crippen molar-refractivity contribution >= 4 is 17.5 Å². The van der Waals surface area contributed by atoms with E-state index in [1.165, 1.54) is 24.8 Å². The van der Waals surface area contributed by atoms with E-state index < -0.39 is 0 Å². The quantitative estimate of drug-likeness (QED) is 0.877. The largest absolute Gasteiger partial charge is 0.348 e. The molecule has 0 aliphatic heterocycles. The molecule has 5 heteroatoms. The molecule has 1 amide bonds. The van der Waals surface area contributed by atoms with Gasteiger partial charge in [0, 0.05) is 17.9 Å². The fourth-order valence-corrected chi connectivity index (χ4v) is 3.12. The molecule has 126 valence electrons. The number of hydrogen-bond acceptors (Lipinski definition) is 4. The highest BCUT2D eigenvalue weighted by molar-refractivity contribution is 5.92. The van der Waals surface area contributed by atoms with Crippen molar-refractivity contribution in [2.24, 2.45) is 0 Å². The summed E-state index contributed by atoms with van der Waals surface area (Å²) < 4.78 is 0. The average molecular weight is 324 g/mol. The molecule has 0 bridgehead atoms. The van der Waals surface area contributed by atoms with Crippen LogP contribution >= 0.6 is 0 Å². The third kappa shape index (κ3) is 4.10. The lowest BCUT2D eigenvalue weighted by Gasteiger charge is -2.22. The summed E-state index contributed by atoms with van der Waals surface area (Å²) in [5.74, 6) is 0.336. The molecular weight excluding hydrogens is 300 g/mol. The zero-order chi connectivity index (χ0) is 16.8. The van der Waals surface area contributed by atoms with Crippen molar-refractivity contribution in [2.45, 2.75) is 51.5 Å². The van der Waals surface area contributed by atoms with Crippen molar-refractivity contribution in [1.29, 1.82) is 0 Å². The Morgan fingerprint density at radius 3 is 2.75 bits per heavy atom. The van der Waals surface area contributed by atoms with Gasteiger partial charge in [0.15, 0.2) is 0 Å². The first-order chi connectivity index (χ1) is 11.8. The molecule has 3 rings (SSSR count). The molecule has 1 saturated carbocycles. The van der Waals surface area contributed by atoms with Crippen molar-refractivity contribution in [2.75, 3.05) is 5.32 Å². The van der Waals surface area contributed by atoms with Gasteiger partial charge in [-0.05, 0) is 37.0 Å². The number of para-hydroxylation sites is 1. The maximum Gasteiger partial charge on any atom is 0.270 e. The van der Waals surface area contributed by atoms with Crippen LogP contribution in [0, 0.1) is 0 Å². The molecule has 2 aromatic rings. The van der Waals surface area contributed by atoms with Crippen LogP contribution in [0.25, 0.3) is 0 Å². The van der Waals surface area contributed by atoms with Crippen LogP contribution in [0.1, 0.15) is 55.1 Å². The number of amides is 1. The molecule has 1 aliphatic rings. The minimum atomic E-state index is -0.115. The molecule has 0 atom stereocenters. The second-order valence-corrected chi connectivity index (χ2v) is 6.21. The molecule has 1 aromatic heterocycles. The lowest BCUT2D eigenvalue weighted by molar-refractivity contribution is 0.0922. The van der Waals surface area contributed by atoms with Gasteiger partial charge in [0.25, 0.3) is 5.91 Å². The van der Waals surface area contributed by atoms with Gasteiger partial charge in [-0.15, -0.1) is 0 Å². The summed E-state index contributed by atoms with van der Waals surface area (Å²) in [6.45, 7) is 2.11. The highest BCUT2D eigenvalue weighted by atomic mass is 16.1. The molecule has 1 aliphatic carbocycles. The Morgan fingerprint density at radius 2 is 1.96 bits per heavy atom. The van der Waals surface area contributed by atoms with Crippen molar-refractivity contribution < 1.29 is 4.79 Å². The van der Waals surface area contributed by atoms with Gasteiger partial charge in [-0.3, -0.25) is 4.79 Å². The maximum absolute atomic E-state index is 12.4. The zero-order valence-corrected chi connectivity index (χ0v) is 14.1. The number of carbonyl (C=O) groups is 1.